The molecule has 0 amide bonds. The van der Waals surface area contributed by atoms with E-state index in [4.69, 9.17) is 0 Å². The first-order chi connectivity index (χ1) is 10.9. The standard InChI is InChI=1S/C16H18F3N3O/c17-16(18,19)15(23)7-10-21(11-8-15)12-13-6-9-22(20-13)14-4-2-1-3-5-14/h1-6,9,23H,7-8,10-12H2. The maximum Gasteiger partial charge on any atom is 0.417 e. The minimum absolute atomic E-state index is 0.203. The largest absolute Gasteiger partial charge is 0.417 e. The minimum atomic E-state index is -4.56. The molecule has 0 atom stereocenters. The molecule has 1 aromatic carbocycles. The van der Waals surface area contributed by atoms with Gasteiger partial charge in [-0.25, -0.2) is 4.68 Å². The van der Waals surface area contributed by atoms with E-state index in [9.17, 15) is 18.3 Å². The first-order valence-electron chi connectivity index (χ1n) is 7.49. The van der Waals surface area contributed by atoms with Gasteiger partial charge in [0.25, 0.3) is 0 Å². The highest BCUT2D eigenvalue weighted by Crippen LogP contribution is 2.38. The molecule has 1 saturated heterocycles. The average Bonchev–Trinajstić information content (AvgIpc) is 2.98. The van der Waals surface area contributed by atoms with E-state index < -0.39 is 11.8 Å². The molecule has 7 heteroatoms. The van der Waals surface area contributed by atoms with Gasteiger partial charge in [-0.2, -0.15) is 18.3 Å². The lowest BCUT2D eigenvalue weighted by atomic mass is 9.91. The van der Waals surface area contributed by atoms with Gasteiger partial charge in [0, 0.05) is 25.8 Å². The van der Waals surface area contributed by atoms with Crippen LogP contribution >= 0.6 is 0 Å². The van der Waals surface area contributed by atoms with Gasteiger partial charge in [0.2, 0.25) is 0 Å². The zero-order valence-corrected chi connectivity index (χ0v) is 12.5. The topological polar surface area (TPSA) is 41.3 Å². The molecule has 1 aliphatic rings. The van der Waals surface area contributed by atoms with Crippen LogP contribution in [0.5, 0.6) is 0 Å². The number of halogens is 3. The first kappa shape index (κ1) is 16.0. The predicted octanol–water partition coefficient (Wildman–Crippen LogP) is 2.76. The zero-order valence-electron chi connectivity index (χ0n) is 12.5. The van der Waals surface area contributed by atoms with Gasteiger partial charge in [0.1, 0.15) is 0 Å². The molecule has 23 heavy (non-hydrogen) atoms. The summed E-state index contributed by atoms with van der Waals surface area (Å²) in [5, 5.41) is 14.1. The lowest BCUT2D eigenvalue weighted by Crippen LogP contribution is -2.53. The van der Waals surface area contributed by atoms with Crippen molar-refractivity contribution in [2.45, 2.75) is 31.2 Å². The van der Waals surface area contributed by atoms with Gasteiger partial charge in [-0.15, -0.1) is 0 Å². The molecule has 0 radical (unpaired) electrons. The molecule has 0 bridgehead atoms. The molecule has 1 N–H and O–H groups in total. The number of hydrogen-bond acceptors (Lipinski definition) is 3. The monoisotopic (exact) mass is 325 g/mol. The number of alkyl halides is 3. The number of aromatic nitrogens is 2. The molecule has 1 aliphatic heterocycles. The fourth-order valence-electron chi connectivity index (χ4n) is 2.76. The molecule has 0 spiro atoms. The summed E-state index contributed by atoms with van der Waals surface area (Å²) in [4.78, 5) is 1.89. The molecule has 3 rings (SSSR count). The number of nitrogens with zero attached hydrogens (tertiary/aromatic N) is 3. The molecular formula is C16H18F3N3O. The fraction of sp³-hybridized carbons (Fsp3) is 0.438. The van der Waals surface area contributed by atoms with Crippen LogP contribution in [0.4, 0.5) is 13.2 Å². The van der Waals surface area contributed by atoms with Crippen molar-refractivity contribution in [3.8, 4) is 5.69 Å². The van der Waals surface area contributed by atoms with Crippen LogP contribution in [0.3, 0.4) is 0 Å². The van der Waals surface area contributed by atoms with Crippen molar-refractivity contribution < 1.29 is 18.3 Å². The van der Waals surface area contributed by atoms with E-state index >= 15 is 0 Å². The third kappa shape index (κ3) is 3.40. The lowest BCUT2D eigenvalue weighted by molar-refractivity contribution is -0.272. The highest BCUT2D eigenvalue weighted by molar-refractivity contribution is 5.30. The molecule has 0 aliphatic carbocycles. The second-order valence-corrected chi connectivity index (χ2v) is 5.89. The van der Waals surface area contributed by atoms with Gasteiger partial charge < -0.3 is 5.11 Å². The molecule has 1 fully saturated rings. The Labute approximate surface area is 132 Å². The number of aliphatic hydroxyl groups is 1. The summed E-state index contributed by atoms with van der Waals surface area (Å²) in [7, 11) is 0. The Balaban J connectivity index is 1.61. The van der Waals surface area contributed by atoms with Crippen LogP contribution in [-0.2, 0) is 6.54 Å². The maximum absolute atomic E-state index is 12.8. The van der Waals surface area contributed by atoms with E-state index in [-0.39, 0.29) is 25.9 Å². The molecular weight excluding hydrogens is 307 g/mol. The number of para-hydroxylation sites is 1. The zero-order chi connectivity index (χ0) is 16.5. The predicted molar refractivity (Wildman–Crippen MR) is 79.1 cm³/mol. The SMILES string of the molecule is OC1(C(F)(F)F)CCN(Cc2ccn(-c3ccccc3)n2)CC1. The third-order valence-electron chi connectivity index (χ3n) is 4.26. The number of benzene rings is 1. The number of piperidine rings is 1. The Kier molecular flexibility index (Phi) is 4.16. The van der Waals surface area contributed by atoms with Crippen LogP contribution < -0.4 is 0 Å². The quantitative estimate of drug-likeness (QED) is 0.943. The maximum atomic E-state index is 12.8. The second kappa shape index (κ2) is 5.98. The Morgan fingerprint density at radius 2 is 1.74 bits per heavy atom. The van der Waals surface area contributed by atoms with Crippen molar-refractivity contribution in [3.05, 3.63) is 48.3 Å². The van der Waals surface area contributed by atoms with Crippen LogP contribution in [0.1, 0.15) is 18.5 Å². The summed E-state index contributed by atoms with van der Waals surface area (Å²) < 4.78 is 40.1. The van der Waals surface area contributed by atoms with Crippen LogP contribution in [0.15, 0.2) is 42.6 Å². The Morgan fingerprint density at radius 3 is 2.35 bits per heavy atom. The van der Waals surface area contributed by atoms with Crippen molar-refractivity contribution in [2.24, 2.45) is 0 Å². The summed E-state index contributed by atoms with van der Waals surface area (Å²) in [5.41, 5.74) is -0.817. The van der Waals surface area contributed by atoms with Crippen molar-refractivity contribution >= 4 is 0 Å². The van der Waals surface area contributed by atoms with Gasteiger partial charge in [-0.3, -0.25) is 4.90 Å². The summed E-state index contributed by atoms with van der Waals surface area (Å²) in [6, 6.07) is 11.5. The van der Waals surface area contributed by atoms with Gasteiger partial charge in [-0.1, -0.05) is 18.2 Å². The second-order valence-electron chi connectivity index (χ2n) is 5.89. The third-order valence-corrected chi connectivity index (χ3v) is 4.26. The highest BCUT2D eigenvalue weighted by atomic mass is 19.4. The van der Waals surface area contributed by atoms with Crippen molar-refractivity contribution in [3.63, 3.8) is 0 Å². The Morgan fingerprint density at radius 1 is 1.09 bits per heavy atom. The number of likely N-dealkylation sites (tertiary alicyclic amines) is 1. The van der Waals surface area contributed by atoms with Crippen molar-refractivity contribution in [2.75, 3.05) is 13.1 Å². The lowest BCUT2D eigenvalue weighted by Gasteiger charge is -2.38. The van der Waals surface area contributed by atoms with Crippen LogP contribution in [0.2, 0.25) is 0 Å². The Hall–Kier alpha value is -1.86. The smallest absolute Gasteiger partial charge is 0.380 e. The number of hydrogen-bond donors (Lipinski definition) is 1. The minimum Gasteiger partial charge on any atom is -0.380 e. The number of rotatable bonds is 3. The van der Waals surface area contributed by atoms with E-state index in [2.05, 4.69) is 5.10 Å². The normalized spacial score (nSPS) is 19.0. The molecule has 0 unspecified atom stereocenters. The molecule has 2 aromatic rings. The highest BCUT2D eigenvalue weighted by Gasteiger charge is 2.54. The van der Waals surface area contributed by atoms with E-state index in [1.165, 1.54) is 0 Å². The van der Waals surface area contributed by atoms with E-state index in [1.54, 1.807) is 4.68 Å². The van der Waals surface area contributed by atoms with Crippen LogP contribution in [-0.4, -0.2) is 44.7 Å². The fourth-order valence-corrected chi connectivity index (χ4v) is 2.76. The molecule has 2 heterocycles. The van der Waals surface area contributed by atoms with Crippen LogP contribution in [0, 0.1) is 0 Å². The Bertz CT molecular complexity index is 646. The summed E-state index contributed by atoms with van der Waals surface area (Å²) >= 11 is 0. The molecule has 1 aromatic heterocycles. The van der Waals surface area contributed by atoms with E-state index in [0.29, 0.717) is 6.54 Å². The van der Waals surface area contributed by atoms with Gasteiger partial charge in [0.15, 0.2) is 5.60 Å². The summed E-state index contributed by atoms with van der Waals surface area (Å²) in [6.45, 7) is 0.885. The van der Waals surface area contributed by atoms with Crippen molar-refractivity contribution in [1.29, 1.82) is 0 Å². The van der Waals surface area contributed by atoms with Gasteiger partial charge >= 0.3 is 6.18 Å². The molecule has 4 nitrogen and oxygen atoms in total. The van der Waals surface area contributed by atoms with Gasteiger partial charge in [-0.05, 0) is 31.0 Å². The molecule has 0 saturated carbocycles. The summed E-state index contributed by atoms with van der Waals surface area (Å²) in [6.07, 6.45) is -3.32. The summed E-state index contributed by atoms with van der Waals surface area (Å²) in [5.74, 6) is 0. The first-order valence-corrected chi connectivity index (χ1v) is 7.49. The van der Waals surface area contributed by atoms with Crippen LogP contribution in [0.25, 0.3) is 5.69 Å². The van der Waals surface area contributed by atoms with Crippen molar-refractivity contribution in [1.82, 2.24) is 14.7 Å². The van der Waals surface area contributed by atoms with E-state index in [0.717, 1.165) is 11.4 Å². The van der Waals surface area contributed by atoms with Gasteiger partial charge in [0.05, 0.1) is 11.4 Å². The van der Waals surface area contributed by atoms with E-state index in [1.807, 2.05) is 47.5 Å². The average molecular weight is 325 g/mol. The molecule has 124 valence electrons.